The molecule has 5 heteroatoms. The standard InChI is InChI=1S/C15H25N3O2/c1-5-20-14(19)17-8-6-7-13(11-17)18-10-12(9-16-18)15(2,3)4/h9-10,13H,5-8,11H2,1-4H3. The van der Waals surface area contributed by atoms with Crippen molar-refractivity contribution in [1.29, 1.82) is 0 Å². The summed E-state index contributed by atoms with van der Waals surface area (Å²) in [4.78, 5) is 13.6. The lowest BCUT2D eigenvalue weighted by atomic mass is 9.90. The molecule has 0 saturated carbocycles. The minimum atomic E-state index is -0.208. The van der Waals surface area contributed by atoms with E-state index in [0.29, 0.717) is 13.2 Å². The van der Waals surface area contributed by atoms with Gasteiger partial charge in [-0.15, -0.1) is 0 Å². The molecular formula is C15H25N3O2. The molecule has 1 amide bonds. The van der Waals surface area contributed by atoms with Gasteiger partial charge in [-0.05, 0) is 30.7 Å². The Balaban J connectivity index is 2.05. The van der Waals surface area contributed by atoms with Gasteiger partial charge in [0.25, 0.3) is 0 Å². The maximum Gasteiger partial charge on any atom is 0.409 e. The summed E-state index contributed by atoms with van der Waals surface area (Å²) in [7, 11) is 0. The molecule has 0 aliphatic carbocycles. The average Bonchev–Trinajstić information content (AvgIpc) is 2.89. The second-order valence-corrected chi connectivity index (χ2v) is 6.40. The molecule has 1 unspecified atom stereocenters. The van der Waals surface area contributed by atoms with E-state index in [1.807, 2.05) is 17.8 Å². The van der Waals surface area contributed by atoms with E-state index in [4.69, 9.17) is 4.74 Å². The maximum atomic E-state index is 11.8. The van der Waals surface area contributed by atoms with Crippen molar-refractivity contribution in [2.24, 2.45) is 0 Å². The highest BCUT2D eigenvalue weighted by Gasteiger charge is 2.27. The summed E-state index contributed by atoms with van der Waals surface area (Å²) in [5.74, 6) is 0. The molecular weight excluding hydrogens is 254 g/mol. The first-order valence-electron chi connectivity index (χ1n) is 7.38. The summed E-state index contributed by atoms with van der Waals surface area (Å²) in [6, 6.07) is 0.254. The maximum absolute atomic E-state index is 11.8. The van der Waals surface area contributed by atoms with Crippen molar-refractivity contribution in [3.63, 3.8) is 0 Å². The highest BCUT2D eigenvalue weighted by atomic mass is 16.6. The average molecular weight is 279 g/mol. The number of rotatable bonds is 2. The molecule has 0 bridgehead atoms. The van der Waals surface area contributed by atoms with Gasteiger partial charge >= 0.3 is 6.09 Å². The first-order valence-corrected chi connectivity index (χ1v) is 7.38. The zero-order valence-corrected chi connectivity index (χ0v) is 12.9. The lowest BCUT2D eigenvalue weighted by molar-refractivity contribution is 0.0880. The van der Waals surface area contributed by atoms with Crippen LogP contribution < -0.4 is 0 Å². The first-order chi connectivity index (χ1) is 9.41. The molecule has 1 aliphatic heterocycles. The Bertz CT molecular complexity index is 462. The van der Waals surface area contributed by atoms with E-state index in [1.165, 1.54) is 5.56 Å². The molecule has 0 radical (unpaired) electrons. The molecule has 0 N–H and O–H groups in total. The third kappa shape index (κ3) is 3.32. The number of ether oxygens (including phenoxy) is 1. The van der Waals surface area contributed by atoms with E-state index in [1.54, 1.807) is 4.90 Å². The van der Waals surface area contributed by atoms with E-state index >= 15 is 0 Å². The van der Waals surface area contributed by atoms with Crippen molar-refractivity contribution in [2.45, 2.75) is 52.0 Å². The van der Waals surface area contributed by atoms with E-state index in [9.17, 15) is 4.79 Å². The van der Waals surface area contributed by atoms with Gasteiger partial charge in [0.15, 0.2) is 0 Å². The number of likely N-dealkylation sites (tertiary alicyclic amines) is 1. The largest absolute Gasteiger partial charge is 0.450 e. The zero-order valence-electron chi connectivity index (χ0n) is 12.9. The number of carbonyl (C=O) groups excluding carboxylic acids is 1. The van der Waals surface area contributed by atoms with Gasteiger partial charge in [-0.3, -0.25) is 4.68 Å². The third-order valence-electron chi connectivity index (χ3n) is 3.76. The fraction of sp³-hybridized carbons (Fsp3) is 0.733. The van der Waals surface area contributed by atoms with Crippen LogP contribution in [0.3, 0.4) is 0 Å². The second-order valence-electron chi connectivity index (χ2n) is 6.40. The van der Waals surface area contributed by atoms with Gasteiger partial charge in [-0.1, -0.05) is 20.8 Å². The van der Waals surface area contributed by atoms with Crippen molar-refractivity contribution in [3.05, 3.63) is 18.0 Å². The molecule has 5 nitrogen and oxygen atoms in total. The molecule has 2 heterocycles. The molecule has 112 valence electrons. The van der Waals surface area contributed by atoms with Crippen molar-refractivity contribution in [2.75, 3.05) is 19.7 Å². The highest BCUT2D eigenvalue weighted by Crippen LogP contribution is 2.26. The quantitative estimate of drug-likeness (QED) is 0.836. The van der Waals surface area contributed by atoms with Gasteiger partial charge in [0.05, 0.1) is 18.8 Å². The van der Waals surface area contributed by atoms with Crippen LogP contribution in [-0.2, 0) is 10.2 Å². The van der Waals surface area contributed by atoms with Gasteiger partial charge in [0.2, 0.25) is 0 Å². The normalized spacial score (nSPS) is 20.0. The van der Waals surface area contributed by atoms with Crippen LogP contribution in [0.15, 0.2) is 12.4 Å². The number of piperidine rings is 1. The summed E-state index contributed by atoms with van der Waals surface area (Å²) < 4.78 is 7.09. The molecule has 1 aromatic rings. The van der Waals surface area contributed by atoms with Crippen LogP contribution in [-0.4, -0.2) is 40.5 Å². The van der Waals surface area contributed by atoms with Crippen molar-refractivity contribution >= 4 is 6.09 Å². The molecule has 2 rings (SSSR count). The molecule has 20 heavy (non-hydrogen) atoms. The smallest absolute Gasteiger partial charge is 0.409 e. The summed E-state index contributed by atoms with van der Waals surface area (Å²) >= 11 is 0. The van der Waals surface area contributed by atoms with Crippen molar-refractivity contribution in [1.82, 2.24) is 14.7 Å². The Hall–Kier alpha value is -1.52. The predicted molar refractivity (Wildman–Crippen MR) is 77.8 cm³/mol. The van der Waals surface area contributed by atoms with Crippen molar-refractivity contribution < 1.29 is 9.53 Å². The Morgan fingerprint density at radius 1 is 1.50 bits per heavy atom. The highest BCUT2D eigenvalue weighted by molar-refractivity contribution is 5.67. The van der Waals surface area contributed by atoms with E-state index < -0.39 is 0 Å². The summed E-state index contributed by atoms with van der Waals surface area (Å²) in [6.45, 7) is 10.3. The van der Waals surface area contributed by atoms with Crippen LogP contribution in [0.5, 0.6) is 0 Å². The van der Waals surface area contributed by atoms with Crippen molar-refractivity contribution in [3.8, 4) is 0 Å². The molecule has 1 fully saturated rings. The Kier molecular flexibility index (Phi) is 4.35. The predicted octanol–water partition coefficient (Wildman–Crippen LogP) is 2.97. The molecule has 1 aromatic heterocycles. The third-order valence-corrected chi connectivity index (χ3v) is 3.76. The zero-order chi connectivity index (χ0) is 14.8. The van der Waals surface area contributed by atoms with Gasteiger partial charge in [-0.2, -0.15) is 5.10 Å². The number of aromatic nitrogens is 2. The van der Waals surface area contributed by atoms with Crippen LogP contribution in [0.25, 0.3) is 0 Å². The molecule has 1 atom stereocenters. The van der Waals surface area contributed by atoms with Crippen LogP contribution in [0.4, 0.5) is 4.79 Å². The lowest BCUT2D eigenvalue weighted by Gasteiger charge is -2.32. The van der Waals surface area contributed by atoms with E-state index in [0.717, 1.165) is 19.4 Å². The number of hydrogen-bond acceptors (Lipinski definition) is 3. The fourth-order valence-corrected chi connectivity index (χ4v) is 2.48. The number of nitrogens with zero attached hydrogens (tertiary/aromatic N) is 3. The van der Waals surface area contributed by atoms with Gasteiger partial charge in [-0.25, -0.2) is 4.79 Å². The number of carbonyl (C=O) groups is 1. The van der Waals surface area contributed by atoms with E-state index in [-0.39, 0.29) is 17.6 Å². The SMILES string of the molecule is CCOC(=O)N1CCCC(n2cc(C(C)(C)C)cn2)C1. The topological polar surface area (TPSA) is 47.4 Å². The summed E-state index contributed by atoms with van der Waals surface area (Å²) in [6.07, 6.45) is 5.89. The summed E-state index contributed by atoms with van der Waals surface area (Å²) in [5, 5.41) is 4.48. The van der Waals surface area contributed by atoms with Gasteiger partial charge in [0, 0.05) is 19.3 Å². The minimum Gasteiger partial charge on any atom is -0.450 e. The van der Waals surface area contributed by atoms with Gasteiger partial charge < -0.3 is 9.64 Å². The molecule has 1 saturated heterocycles. The molecule has 0 aromatic carbocycles. The molecule has 1 aliphatic rings. The van der Waals surface area contributed by atoms with Crippen LogP contribution in [0.2, 0.25) is 0 Å². The minimum absolute atomic E-state index is 0.105. The summed E-state index contributed by atoms with van der Waals surface area (Å²) in [5.41, 5.74) is 1.33. The van der Waals surface area contributed by atoms with E-state index in [2.05, 4.69) is 32.1 Å². The number of hydrogen-bond donors (Lipinski definition) is 0. The Labute approximate surface area is 120 Å². The van der Waals surface area contributed by atoms with Gasteiger partial charge in [0.1, 0.15) is 0 Å². The monoisotopic (exact) mass is 279 g/mol. The lowest BCUT2D eigenvalue weighted by Crippen LogP contribution is -2.41. The van der Waals surface area contributed by atoms with Crippen LogP contribution in [0, 0.1) is 0 Å². The van der Waals surface area contributed by atoms with Crippen LogP contribution >= 0.6 is 0 Å². The Morgan fingerprint density at radius 3 is 2.85 bits per heavy atom. The number of amides is 1. The van der Waals surface area contributed by atoms with Crippen LogP contribution in [0.1, 0.15) is 52.1 Å². The fourth-order valence-electron chi connectivity index (χ4n) is 2.48. The Morgan fingerprint density at radius 2 is 2.25 bits per heavy atom. The molecule has 0 spiro atoms. The second kappa shape index (κ2) is 5.85. The first kappa shape index (κ1) is 14.9.